The summed E-state index contributed by atoms with van der Waals surface area (Å²) in [6.07, 6.45) is 2.95. The summed E-state index contributed by atoms with van der Waals surface area (Å²) in [6, 6.07) is 32.0. The van der Waals surface area contributed by atoms with Gasteiger partial charge in [-0.25, -0.2) is 4.79 Å². The van der Waals surface area contributed by atoms with Crippen LogP contribution in [0.4, 0.5) is 4.79 Å². The van der Waals surface area contributed by atoms with Crippen molar-refractivity contribution in [2.45, 2.75) is 28.9 Å². The third kappa shape index (κ3) is 5.06. The molecule has 1 aliphatic heterocycles. The molecule has 5 heteroatoms. The Morgan fingerprint density at radius 3 is 1.91 bits per heavy atom. The number of amides is 1. The molecule has 1 saturated heterocycles. The zero-order valence-electron chi connectivity index (χ0n) is 19.4. The molecule has 1 amide bonds. The van der Waals surface area contributed by atoms with Gasteiger partial charge < -0.3 is 15.4 Å². The van der Waals surface area contributed by atoms with Gasteiger partial charge in [0.1, 0.15) is 6.61 Å². The molecule has 0 saturated carbocycles. The average Bonchev–Trinajstić information content (AvgIpc) is 3.30. The van der Waals surface area contributed by atoms with Gasteiger partial charge in [0.15, 0.2) is 0 Å². The molecule has 0 radical (unpaired) electrons. The van der Waals surface area contributed by atoms with Crippen LogP contribution in [0.25, 0.3) is 0 Å². The number of ether oxygens (including phenoxy) is 1. The van der Waals surface area contributed by atoms with Gasteiger partial charge in [-0.15, -0.1) is 11.8 Å². The summed E-state index contributed by atoms with van der Waals surface area (Å²) in [5.41, 5.74) is 9.58. The number of benzene rings is 3. The molecule has 4 rings (SSSR count). The highest BCUT2D eigenvalue weighted by molar-refractivity contribution is 8.01. The van der Waals surface area contributed by atoms with Crippen molar-refractivity contribution in [3.63, 3.8) is 0 Å². The third-order valence-corrected chi connectivity index (χ3v) is 8.06. The lowest BCUT2D eigenvalue weighted by Crippen LogP contribution is -2.37. The first-order valence-electron chi connectivity index (χ1n) is 11.8. The van der Waals surface area contributed by atoms with Crippen molar-refractivity contribution in [3.05, 3.63) is 120 Å². The fraction of sp³-hybridized carbons (Fsp3) is 0.276. The first-order valence-corrected chi connectivity index (χ1v) is 12.7. The van der Waals surface area contributed by atoms with Crippen LogP contribution in [0.5, 0.6) is 0 Å². The summed E-state index contributed by atoms with van der Waals surface area (Å²) in [7, 11) is 0. The monoisotopic (exact) mass is 472 g/mol. The second-order valence-electron chi connectivity index (χ2n) is 8.50. The predicted octanol–water partition coefficient (Wildman–Crippen LogP) is 5.83. The molecule has 0 unspecified atom stereocenters. The smallest absolute Gasteiger partial charge is 0.410 e. The molecule has 0 aromatic heterocycles. The average molecular weight is 473 g/mol. The lowest BCUT2D eigenvalue weighted by Gasteiger charge is -2.37. The zero-order chi connectivity index (χ0) is 23.8. The van der Waals surface area contributed by atoms with E-state index < -0.39 is 4.75 Å². The van der Waals surface area contributed by atoms with Crippen LogP contribution in [-0.2, 0) is 9.48 Å². The molecule has 0 spiro atoms. The van der Waals surface area contributed by atoms with Gasteiger partial charge in [-0.1, -0.05) is 104 Å². The number of nitrogens with zero attached hydrogens (tertiary/aromatic N) is 1. The lowest BCUT2D eigenvalue weighted by molar-refractivity contribution is 0.107. The molecule has 34 heavy (non-hydrogen) atoms. The fourth-order valence-electron chi connectivity index (χ4n) is 4.83. The van der Waals surface area contributed by atoms with Gasteiger partial charge in [-0.2, -0.15) is 0 Å². The zero-order valence-corrected chi connectivity index (χ0v) is 20.2. The van der Waals surface area contributed by atoms with Gasteiger partial charge in [-0.05, 0) is 36.1 Å². The van der Waals surface area contributed by atoms with E-state index in [4.69, 9.17) is 10.5 Å². The number of hydrogen-bond acceptors (Lipinski definition) is 4. The molecule has 0 aliphatic carbocycles. The number of carbonyl (C=O) groups is 1. The molecule has 1 aliphatic rings. The van der Waals surface area contributed by atoms with E-state index in [2.05, 4.69) is 97.6 Å². The number of hydrogen-bond donors (Lipinski definition) is 1. The largest absolute Gasteiger partial charge is 0.445 e. The van der Waals surface area contributed by atoms with Crippen molar-refractivity contribution < 1.29 is 9.53 Å². The van der Waals surface area contributed by atoms with Gasteiger partial charge in [0.2, 0.25) is 0 Å². The maximum absolute atomic E-state index is 12.8. The minimum Gasteiger partial charge on any atom is -0.445 e. The Hall–Kier alpha value is -3.02. The van der Waals surface area contributed by atoms with Crippen LogP contribution in [0, 0.1) is 0 Å². The van der Waals surface area contributed by atoms with Crippen molar-refractivity contribution in [2.75, 3.05) is 19.7 Å². The Morgan fingerprint density at radius 1 is 0.971 bits per heavy atom. The topological polar surface area (TPSA) is 55.6 Å². The molecule has 2 N–H and O–H groups in total. The Balaban J connectivity index is 1.76. The van der Waals surface area contributed by atoms with Crippen LogP contribution < -0.4 is 5.73 Å². The van der Waals surface area contributed by atoms with Crippen molar-refractivity contribution in [3.8, 4) is 0 Å². The summed E-state index contributed by atoms with van der Waals surface area (Å²) < 4.78 is 4.99. The lowest BCUT2D eigenvalue weighted by atomic mass is 9.84. The van der Waals surface area contributed by atoms with E-state index in [9.17, 15) is 4.79 Å². The van der Waals surface area contributed by atoms with E-state index in [-0.39, 0.29) is 24.0 Å². The minimum atomic E-state index is -0.414. The van der Waals surface area contributed by atoms with Crippen molar-refractivity contribution in [2.24, 2.45) is 5.73 Å². The maximum Gasteiger partial charge on any atom is 0.410 e. The molecule has 176 valence electrons. The normalized spacial score (nSPS) is 18.0. The van der Waals surface area contributed by atoms with Crippen LogP contribution in [-0.4, -0.2) is 42.0 Å². The first-order chi connectivity index (χ1) is 16.7. The molecule has 1 heterocycles. The van der Waals surface area contributed by atoms with Crippen molar-refractivity contribution in [1.29, 1.82) is 0 Å². The quantitative estimate of drug-likeness (QED) is 0.315. The van der Waals surface area contributed by atoms with Gasteiger partial charge >= 0.3 is 6.09 Å². The predicted molar refractivity (Wildman–Crippen MR) is 141 cm³/mol. The van der Waals surface area contributed by atoms with E-state index in [1.54, 1.807) is 6.08 Å². The van der Waals surface area contributed by atoms with E-state index >= 15 is 0 Å². The number of rotatable bonds is 9. The summed E-state index contributed by atoms with van der Waals surface area (Å²) in [4.78, 5) is 14.7. The van der Waals surface area contributed by atoms with Crippen LogP contribution in [0.3, 0.4) is 0 Å². The summed E-state index contributed by atoms with van der Waals surface area (Å²) in [5.74, 6) is 0. The molecule has 0 bridgehead atoms. The van der Waals surface area contributed by atoms with E-state index in [0.29, 0.717) is 13.1 Å². The van der Waals surface area contributed by atoms with Crippen LogP contribution in [0.1, 0.15) is 29.5 Å². The van der Waals surface area contributed by atoms with Gasteiger partial charge in [-0.3, -0.25) is 0 Å². The second kappa shape index (κ2) is 11.4. The Kier molecular flexibility index (Phi) is 8.09. The molecule has 3 aromatic rings. The van der Waals surface area contributed by atoms with Crippen molar-refractivity contribution >= 4 is 17.9 Å². The summed E-state index contributed by atoms with van der Waals surface area (Å²) in [5, 5.41) is 0.216. The van der Waals surface area contributed by atoms with E-state index in [1.165, 1.54) is 16.7 Å². The highest BCUT2D eigenvalue weighted by atomic mass is 32.2. The molecule has 2 atom stereocenters. The van der Waals surface area contributed by atoms with Crippen LogP contribution in [0.2, 0.25) is 0 Å². The highest BCUT2D eigenvalue weighted by Gasteiger charge is 2.44. The van der Waals surface area contributed by atoms with Crippen LogP contribution >= 0.6 is 11.8 Å². The Labute approximate surface area is 206 Å². The number of carbonyl (C=O) groups excluding carboxylic acids is 1. The third-order valence-electron chi connectivity index (χ3n) is 6.32. The Bertz CT molecular complexity index is 963. The van der Waals surface area contributed by atoms with Crippen LogP contribution in [0.15, 0.2) is 104 Å². The van der Waals surface area contributed by atoms with Gasteiger partial charge in [0, 0.05) is 17.8 Å². The second-order valence-corrected chi connectivity index (χ2v) is 10.0. The summed E-state index contributed by atoms with van der Waals surface area (Å²) >= 11 is 1.92. The van der Waals surface area contributed by atoms with Crippen molar-refractivity contribution in [1.82, 2.24) is 4.90 Å². The minimum absolute atomic E-state index is 0.0693. The number of likely N-dealkylation sites (tertiary alicyclic amines) is 1. The van der Waals surface area contributed by atoms with Gasteiger partial charge in [0.05, 0.1) is 4.75 Å². The Morgan fingerprint density at radius 2 is 1.47 bits per heavy atom. The standard InChI is InChI=1S/C29H32N2O2S/c1-2-20-33-28(32)31-22-27(21-26(31)18-19-30)34-29(23-12-6-3-7-13-23,24-14-8-4-9-15-24)25-16-10-5-11-17-25/h2-17,26-27H,1,18-22,30H2/t26-,27+/m1/s1. The highest BCUT2D eigenvalue weighted by Crippen LogP contribution is 2.52. The molecule has 4 nitrogen and oxygen atoms in total. The summed E-state index contributed by atoms with van der Waals surface area (Å²) in [6.45, 7) is 5.03. The molecular formula is C29H32N2O2S. The van der Waals surface area contributed by atoms with Gasteiger partial charge in [0.25, 0.3) is 0 Å². The molecule has 3 aromatic carbocycles. The first kappa shape index (κ1) is 24.1. The fourth-order valence-corrected chi connectivity index (χ4v) is 6.70. The number of nitrogens with two attached hydrogens (primary N) is 1. The SMILES string of the molecule is C=CCOC(=O)N1C[C@@H](SC(c2ccccc2)(c2ccccc2)c2ccccc2)C[C@H]1CCN. The van der Waals surface area contributed by atoms with E-state index in [0.717, 1.165) is 12.8 Å². The number of thioether (sulfide) groups is 1. The molecule has 1 fully saturated rings. The van der Waals surface area contributed by atoms with E-state index in [1.807, 2.05) is 16.7 Å². The maximum atomic E-state index is 12.8. The molecular weight excluding hydrogens is 440 g/mol.